The number of carbonyl (C=O) groups is 1. The molecule has 10 heteroatoms. The lowest BCUT2D eigenvalue weighted by atomic mass is 9.64. The monoisotopic (exact) mass is 696 g/mol. The van der Waals surface area contributed by atoms with Crippen molar-refractivity contribution in [2.45, 2.75) is 58.3 Å². The Labute approximate surface area is 253 Å². The molecule has 0 bridgehead atoms. The lowest BCUT2D eigenvalue weighted by Crippen LogP contribution is -2.43. The topological polar surface area (TPSA) is 71.1 Å². The molecule has 1 aromatic heterocycles. The summed E-state index contributed by atoms with van der Waals surface area (Å²) >= 11 is 5.21. The van der Waals surface area contributed by atoms with Crippen LogP contribution in [0.4, 0.5) is 4.39 Å². The Hall–Kier alpha value is -0.950. The summed E-state index contributed by atoms with van der Waals surface area (Å²) in [5, 5.41) is 0.598. The fourth-order valence-electron chi connectivity index (χ4n) is 4.05. The number of alkyl halides is 1. The summed E-state index contributed by atoms with van der Waals surface area (Å²) in [6, 6.07) is 4.48. The van der Waals surface area contributed by atoms with E-state index in [9.17, 15) is 14.0 Å². The van der Waals surface area contributed by atoms with Crippen molar-refractivity contribution in [1.82, 2.24) is 0 Å². The maximum absolute atomic E-state index is 14.0. The summed E-state index contributed by atoms with van der Waals surface area (Å²) in [5.74, 6) is 1.48. The predicted octanol–water partition coefficient (Wildman–Crippen LogP) is 7.05. The Bertz CT molecular complexity index is 1140. The average molecular weight is 697 g/mol. The van der Waals surface area contributed by atoms with Crippen molar-refractivity contribution in [3.05, 3.63) is 39.1 Å². The molecule has 0 radical (unpaired) electrons. The van der Waals surface area contributed by atoms with Gasteiger partial charge in [0.1, 0.15) is 24.8 Å². The van der Waals surface area contributed by atoms with E-state index in [-0.39, 0.29) is 38.6 Å². The van der Waals surface area contributed by atoms with Crippen LogP contribution in [0.25, 0.3) is 10.1 Å². The van der Waals surface area contributed by atoms with Crippen molar-refractivity contribution in [3.63, 3.8) is 0 Å². The number of esters is 1. The highest BCUT2D eigenvalue weighted by Gasteiger charge is 2.46. The van der Waals surface area contributed by atoms with Crippen LogP contribution in [-0.4, -0.2) is 60.5 Å². The summed E-state index contributed by atoms with van der Waals surface area (Å²) in [7, 11) is 0. The Kier molecular flexibility index (Phi) is 13.5. The molecule has 0 aliphatic carbocycles. The van der Waals surface area contributed by atoms with E-state index < -0.39 is 5.41 Å². The molecule has 0 atom stereocenters. The second kappa shape index (κ2) is 15.3. The quantitative estimate of drug-likeness (QED) is 0.0760. The zero-order valence-electron chi connectivity index (χ0n) is 24.1. The van der Waals surface area contributed by atoms with Crippen LogP contribution in [0.15, 0.2) is 23.0 Å². The lowest BCUT2D eigenvalue weighted by Gasteiger charge is -2.42. The first-order valence-electron chi connectivity index (χ1n) is 13.1. The third-order valence-corrected chi connectivity index (χ3v) is 8.91. The molecule has 6 nitrogen and oxygen atoms in total. The molecular formula is C29H42FIO6S2. The van der Waals surface area contributed by atoms with Gasteiger partial charge in [-0.2, -0.15) is 11.8 Å². The minimum absolute atomic E-state index is 0.0974. The molecule has 0 aliphatic heterocycles. The molecule has 0 amide bonds. The molecule has 2 aromatic rings. The van der Waals surface area contributed by atoms with Gasteiger partial charge < -0.3 is 18.9 Å². The normalized spacial score (nSPS) is 12.6. The van der Waals surface area contributed by atoms with Gasteiger partial charge in [-0.05, 0) is 50.3 Å². The summed E-state index contributed by atoms with van der Waals surface area (Å²) in [5.41, 5.74) is -0.294. The van der Waals surface area contributed by atoms with Gasteiger partial charge in [0.25, 0.3) is 0 Å². The highest BCUT2D eigenvalue weighted by Crippen LogP contribution is 2.47. The van der Waals surface area contributed by atoms with Gasteiger partial charge in [0.05, 0.1) is 31.8 Å². The van der Waals surface area contributed by atoms with E-state index in [1.54, 1.807) is 24.8 Å². The van der Waals surface area contributed by atoms with E-state index in [0.29, 0.717) is 47.8 Å². The molecular weight excluding hydrogens is 654 g/mol. The first kappa shape index (κ1) is 34.3. The standard InChI is InChI=1S/C29H42FIO6S2/c1-20-16-24-21(17-22(20)30)23(18-25(32)39-24)36-10-8-34-12-14-38-15-13-35-9-11-37-26(33)29(6,7)27(2,3)19-28(4,5)31/h16-18H,8-15,19H2,1-7H3. The van der Waals surface area contributed by atoms with Crippen LogP contribution in [0, 0.1) is 23.6 Å². The number of carbonyl (C=O) groups excluding carboxylic acids is 1. The van der Waals surface area contributed by atoms with E-state index in [1.165, 1.54) is 12.1 Å². The van der Waals surface area contributed by atoms with Gasteiger partial charge in [0.15, 0.2) is 0 Å². The number of hydrogen-bond acceptors (Lipinski definition) is 8. The highest BCUT2D eigenvalue weighted by molar-refractivity contribution is 14.1. The Morgan fingerprint density at radius 2 is 1.56 bits per heavy atom. The minimum atomic E-state index is -0.596. The number of fused-ring (bicyclic) bond motifs is 1. The van der Waals surface area contributed by atoms with Crippen LogP contribution in [0.3, 0.4) is 0 Å². The molecule has 1 aromatic carbocycles. The van der Waals surface area contributed by atoms with Crippen molar-refractivity contribution in [3.8, 4) is 5.75 Å². The maximum Gasteiger partial charge on any atom is 0.312 e. The van der Waals surface area contributed by atoms with E-state index >= 15 is 0 Å². The number of aryl methyl sites for hydroxylation is 1. The Morgan fingerprint density at radius 1 is 0.949 bits per heavy atom. The van der Waals surface area contributed by atoms with Crippen molar-refractivity contribution in [2.24, 2.45) is 10.8 Å². The molecule has 2 rings (SSSR count). The van der Waals surface area contributed by atoms with Gasteiger partial charge in [-0.25, -0.2) is 4.39 Å². The second-order valence-electron chi connectivity index (χ2n) is 11.3. The SMILES string of the molecule is Cc1cc2sc(=O)cc(OCCOCCSCCOCCOC(=O)C(C)(C)C(C)(C)CC(C)(C)I)c2cc1F. The zero-order valence-corrected chi connectivity index (χ0v) is 27.9. The number of halogens is 2. The number of hydrogen-bond donors (Lipinski definition) is 0. The molecule has 0 saturated heterocycles. The van der Waals surface area contributed by atoms with Crippen molar-refractivity contribution in [2.75, 3.05) is 51.1 Å². The van der Waals surface area contributed by atoms with E-state index in [2.05, 4.69) is 50.3 Å². The molecule has 0 aliphatic rings. The molecule has 0 N–H and O–H groups in total. The fraction of sp³-hybridized carbons (Fsp3) is 0.655. The van der Waals surface area contributed by atoms with Gasteiger partial charge in [-0.15, -0.1) is 0 Å². The summed E-state index contributed by atoms with van der Waals surface area (Å²) < 4.78 is 37.1. The Morgan fingerprint density at radius 3 is 2.18 bits per heavy atom. The van der Waals surface area contributed by atoms with Gasteiger partial charge in [0, 0.05) is 31.1 Å². The van der Waals surface area contributed by atoms with Crippen LogP contribution in [0.2, 0.25) is 0 Å². The molecule has 0 fully saturated rings. The second-order valence-corrected chi connectivity index (χ2v) is 16.4. The summed E-state index contributed by atoms with van der Waals surface area (Å²) in [4.78, 5) is 24.7. The van der Waals surface area contributed by atoms with Crippen LogP contribution in [-0.2, 0) is 19.0 Å². The number of thioether (sulfide) groups is 1. The number of rotatable bonds is 17. The van der Waals surface area contributed by atoms with Crippen molar-refractivity contribution in [1.29, 1.82) is 0 Å². The number of benzene rings is 1. The molecule has 0 spiro atoms. The third-order valence-electron chi connectivity index (χ3n) is 6.74. The summed E-state index contributed by atoms with van der Waals surface area (Å²) in [6.45, 7) is 16.6. The van der Waals surface area contributed by atoms with Gasteiger partial charge >= 0.3 is 5.97 Å². The van der Waals surface area contributed by atoms with E-state index in [1.807, 2.05) is 13.8 Å². The largest absolute Gasteiger partial charge is 0.490 e. The molecule has 0 unspecified atom stereocenters. The van der Waals surface area contributed by atoms with Gasteiger partial charge in [-0.1, -0.05) is 61.6 Å². The molecule has 0 saturated carbocycles. The van der Waals surface area contributed by atoms with Crippen molar-refractivity contribution < 1.29 is 28.1 Å². The van der Waals surface area contributed by atoms with Crippen LogP contribution >= 0.6 is 45.7 Å². The fourth-order valence-corrected chi connectivity index (χ4v) is 6.57. The maximum atomic E-state index is 14.0. The molecule has 1 heterocycles. The van der Waals surface area contributed by atoms with Crippen LogP contribution < -0.4 is 9.48 Å². The highest BCUT2D eigenvalue weighted by atomic mass is 127. The number of ether oxygens (including phenoxy) is 4. The first-order valence-corrected chi connectivity index (χ1v) is 16.2. The van der Waals surface area contributed by atoms with Gasteiger partial charge in [-0.3, -0.25) is 9.59 Å². The summed E-state index contributed by atoms with van der Waals surface area (Å²) in [6.07, 6.45) is 0.904. The van der Waals surface area contributed by atoms with E-state index in [4.69, 9.17) is 18.9 Å². The van der Waals surface area contributed by atoms with E-state index in [0.717, 1.165) is 29.3 Å². The Balaban J connectivity index is 1.54. The molecule has 220 valence electrons. The lowest BCUT2D eigenvalue weighted by molar-refractivity contribution is -0.163. The van der Waals surface area contributed by atoms with Gasteiger partial charge in [0.2, 0.25) is 4.74 Å². The predicted molar refractivity (Wildman–Crippen MR) is 168 cm³/mol. The van der Waals surface area contributed by atoms with Crippen LogP contribution in [0.1, 0.15) is 53.5 Å². The van der Waals surface area contributed by atoms with Crippen molar-refractivity contribution >= 4 is 61.7 Å². The molecule has 39 heavy (non-hydrogen) atoms. The van der Waals surface area contributed by atoms with Crippen LogP contribution in [0.5, 0.6) is 5.75 Å². The third kappa shape index (κ3) is 11.1. The minimum Gasteiger partial charge on any atom is -0.490 e. The first-order chi connectivity index (χ1) is 18.1. The zero-order chi connectivity index (χ0) is 29.3. The smallest absolute Gasteiger partial charge is 0.312 e. The average Bonchev–Trinajstić information content (AvgIpc) is 2.81.